The summed E-state index contributed by atoms with van der Waals surface area (Å²) in [5.74, 6) is 0.771. The van der Waals surface area contributed by atoms with Crippen molar-refractivity contribution in [3.63, 3.8) is 0 Å². The Bertz CT molecular complexity index is 617. The first kappa shape index (κ1) is 13.7. The molecule has 0 aliphatic rings. The quantitative estimate of drug-likeness (QED) is 0.877. The van der Waals surface area contributed by atoms with Crippen LogP contribution in [-0.2, 0) is 7.05 Å². The molecular weight excluding hydrogens is 260 g/mol. The molecule has 106 valence electrons. The number of aromatic nitrogens is 2. The van der Waals surface area contributed by atoms with Crippen molar-refractivity contribution in [1.82, 2.24) is 9.78 Å². The van der Waals surface area contributed by atoms with Gasteiger partial charge in [0.25, 0.3) is 5.91 Å². The van der Waals surface area contributed by atoms with Crippen molar-refractivity contribution >= 4 is 17.3 Å². The zero-order valence-corrected chi connectivity index (χ0v) is 11.5. The molecule has 0 radical (unpaired) electrons. The van der Waals surface area contributed by atoms with Crippen molar-refractivity contribution in [2.45, 2.75) is 0 Å². The monoisotopic (exact) mass is 276 g/mol. The minimum absolute atomic E-state index is 0.287. The zero-order chi connectivity index (χ0) is 14.7. The molecule has 0 bridgehead atoms. The van der Waals surface area contributed by atoms with E-state index in [2.05, 4.69) is 10.4 Å². The molecule has 7 nitrogen and oxygen atoms in total. The van der Waals surface area contributed by atoms with E-state index in [1.807, 2.05) is 0 Å². The third-order valence-corrected chi connectivity index (χ3v) is 2.84. The molecule has 0 saturated carbocycles. The second-order valence-electron chi connectivity index (χ2n) is 4.09. The molecule has 1 amide bonds. The minimum atomic E-state index is -0.367. The van der Waals surface area contributed by atoms with E-state index in [9.17, 15) is 4.79 Å². The van der Waals surface area contributed by atoms with Crippen LogP contribution in [0.3, 0.4) is 0 Å². The third kappa shape index (κ3) is 2.51. The van der Waals surface area contributed by atoms with E-state index < -0.39 is 0 Å². The molecule has 1 aromatic heterocycles. The standard InChI is InChI=1S/C13H16N4O3/c1-17-12(9(14)7-15-17)13(18)16-10-6-8(19-2)4-5-11(10)20-3/h4-7H,14H2,1-3H3,(H,16,18). The lowest BCUT2D eigenvalue weighted by Gasteiger charge is -2.12. The Labute approximate surface area is 116 Å². The number of benzene rings is 1. The maximum Gasteiger partial charge on any atom is 0.276 e. The Morgan fingerprint density at radius 1 is 1.35 bits per heavy atom. The van der Waals surface area contributed by atoms with Gasteiger partial charge >= 0.3 is 0 Å². The van der Waals surface area contributed by atoms with Gasteiger partial charge in [-0.1, -0.05) is 0 Å². The molecule has 1 aromatic carbocycles. The van der Waals surface area contributed by atoms with Gasteiger partial charge in [0.1, 0.15) is 17.2 Å². The first-order valence-corrected chi connectivity index (χ1v) is 5.87. The lowest BCUT2D eigenvalue weighted by molar-refractivity contribution is 0.101. The van der Waals surface area contributed by atoms with Crippen LogP contribution in [0.5, 0.6) is 11.5 Å². The van der Waals surface area contributed by atoms with Crippen LogP contribution in [0.1, 0.15) is 10.5 Å². The molecule has 1 heterocycles. The highest BCUT2D eigenvalue weighted by Gasteiger charge is 2.17. The molecule has 0 unspecified atom stereocenters. The third-order valence-electron chi connectivity index (χ3n) is 2.84. The molecule has 20 heavy (non-hydrogen) atoms. The maximum atomic E-state index is 12.2. The van der Waals surface area contributed by atoms with Crippen LogP contribution in [0.25, 0.3) is 0 Å². The van der Waals surface area contributed by atoms with E-state index in [4.69, 9.17) is 15.2 Å². The lowest BCUT2D eigenvalue weighted by atomic mass is 10.2. The Morgan fingerprint density at radius 2 is 2.10 bits per heavy atom. The van der Waals surface area contributed by atoms with Crippen molar-refractivity contribution < 1.29 is 14.3 Å². The van der Waals surface area contributed by atoms with Crippen LogP contribution in [0.2, 0.25) is 0 Å². The van der Waals surface area contributed by atoms with Crippen LogP contribution in [0.4, 0.5) is 11.4 Å². The first-order chi connectivity index (χ1) is 9.56. The number of nitrogens with one attached hydrogen (secondary N) is 1. The van der Waals surface area contributed by atoms with E-state index in [0.717, 1.165) is 0 Å². The highest BCUT2D eigenvalue weighted by Crippen LogP contribution is 2.29. The number of carbonyl (C=O) groups is 1. The molecule has 0 spiro atoms. The summed E-state index contributed by atoms with van der Waals surface area (Å²) in [7, 11) is 4.72. The number of carbonyl (C=O) groups excluding carboxylic acids is 1. The van der Waals surface area contributed by atoms with Gasteiger partial charge in [-0.25, -0.2) is 0 Å². The van der Waals surface area contributed by atoms with Gasteiger partial charge in [-0.05, 0) is 12.1 Å². The highest BCUT2D eigenvalue weighted by molar-refractivity contribution is 6.07. The number of rotatable bonds is 4. The second kappa shape index (κ2) is 5.52. The number of nitrogens with zero attached hydrogens (tertiary/aromatic N) is 2. The predicted octanol–water partition coefficient (Wildman–Crippen LogP) is 1.27. The van der Waals surface area contributed by atoms with Gasteiger partial charge in [-0.3, -0.25) is 9.48 Å². The molecule has 0 saturated heterocycles. The predicted molar refractivity (Wildman–Crippen MR) is 75.1 cm³/mol. The summed E-state index contributed by atoms with van der Waals surface area (Å²) in [6.45, 7) is 0. The molecule has 0 atom stereocenters. The second-order valence-corrected chi connectivity index (χ2v) is 4.09. The minimum Gasteiger partial charge on any atom is -0.497 e. The Balaban J connectivity index is 2.32. The van der Waals surface area contributed by atoms with Gasteiger partial charge in [-0.15, -0.1) is 0 Å². The smallest absolute Gasteiger partial charge is 0.276 e. The summed E-state index contributed by atoms with van der Waals surface area (Å²) in [6.07, 6.45) is 1.43. The van der Waals surface area contributed by atoms with Gasteiger partial charge in [-0.2, -0.15) is 5.10 Å². The maximum absolute atomic E-state index is 12.2. The Morgan fingerprint density at radius 3 is 2.65 bits per heavy atom. The number of amides is 1. The van der Waals surface area contributed by atoms with Crippen molar-refractivity contribution in [2.75, 3.05) is 25.3 Å². The van der Waals surface area contributed by atoms with Gasteiger partial charge in [0, 0.05) is 13.1 Å². The molecule has 0 aliphatic carbocycles. The normalized spacial score (nSPS) is 10.2. The van der Waals surface area contributed by atoms with Gasteiger partial charge < -0.3 is 20.5 Å². The molecule has 3 N–H and O–H groups in total. The van der Waals surface area contributed by atoms with Crippen LogP contribution >= 0.6 is 0 Å². The van der Waals surface area contributed by atoms with E-state index in [1.165, 1.54) is 18.0 Å². The van der Waals surface area contributed by atoms with Crippen molar-refractivity contribution in [3.8, 4) is 11.5 Å². The molecule has 2 rings (SSSR count). The number of ether oxygens (including phenoxy) is 2. The van der Waals surface area contributed by atoms with Crippen molar-refractivity contribution in [3.05, 3.63) is 30.1 Å². The summed E-state index contributed by atoms with van der Waals surface area (Å²) in [5.41, 5.74) is 6.82. The number of anilines is 2. The van der Waals surface area contributed by atoms with Gasteiger partial charge in [0.2, 0.25) is 0 Å². The fourth-order valence-corrected chi connectivity index (χ4v) is 1.83. The summed E-state index contributed by atoms with van der Waals surface area (Å²) < 4.78 is 11.7. The average Bonchev–Trinajstić information content (AvgIpc) is 2.78. The molecule has 0 aliphatic heterocycles. The molecule has 7 heteroatoms. The topological polar surface area (TPSA) is 91.4 Å². The van der Waals surface area contributed by atoms with E-state index in [-0.39, 0.29) is 11.6 Å². The van der Waals surface area contributed by atoms with Crippen LogP contribution in [-0.4, -0.2) is 29.9 Å². The van der Waals surface area contributed by atoms with E-state index >= 15 is 0 Å². The fourth-order valence-electron chi connectivity index (χ4n) is 1.83. The fraction of sp³-hybridized carbons (Fsp3) is 0.231. The zero-order valence-electron chi connectivity index (χ0n) is 11.5. The van der Waals surface area contributed by atoms with Crippen molar-refractivity contribution in [1.29, 1.82) is 0 Å². The summed E-state index contributed by atoms with van der Waals surface area (Å²) >= 11 is 0. The number of hydrogen-bond donors (Lipinski definition) is 2. The highest BCUT2D eigenvalue weighted by atomic mass is 16.5. The number of methoxy groups -OCH3 is 2. The largest absolute Gasteiger partial charge is 0.497 e. The molecule has 2 aromatic rings. The van der Waals surface area contributed by atoms with Gasteiger partial charge in [0.05, 0.1) is 31.8 Å². The SMILES string of the molecule is COc1ccc(OC)c(NC(=O)c2c(N)cnn2C)c1. The van der Waals surface area contributed by atoms with Gasteiger partial charge in [0.15, 0.2) is 0 Å². The Hall–Kier alpha value is -2.70. The van der Waals surface area contributed by atoms with Crippen LogP contribution in [0, 0.1) is 0 Å². The lowest BCUT2D eigenvalue weighted by Crippen LogP contribution is -2.18. The summed E-state index contributed by atoms with van der Waals surface area (Å²) in [5, 5.41) is 6.67. The molecular formula is C13H16N4O3. The number of hydrogen-bond acceptors (Lipinski definition) is 5. The first-order valence-electron chi connectivity index (χ1n) is 5.87. The van der Waals surface area contributed by atoms with Crippen LogP contribution < -0.4 is 20.5 Å². The summed E-state index contributed by atoms with van der Waals surface area (Å²) in [6, 6.07) is 5.12. The van der Waals surface area contributed by atoms with Crippen molar-refractivity contribution in [2.24, 2.45) is 7.05 Å². The number of nitrogens with two attached hydrogens (primary N) is 1. The van der Waals surface area contributed by atoms with E-state index in [0.29, 0.717) is 22.9 Å². The van der Waals surface area contributed by atoms with Crippen LogP contribution in [0.15, 0.2) is 24.4 Å². The summed E-state index contributed by atoms with van der Waals surface area (Å²) in [4.78, 5) is 12.2. The number of aryl methyl sites for hydroxylation is 1. The number of nitrogen functional groups attached to an aromatic ring is 1. The Kier molecular flexibility index (Phi) is 3.79. The average molecular weight is 276 g/mol. The molecule has 0 fully saturated rings. The van der Waals surface area contributed by atoms with E-state index in [1.54, 1.807) is 32.4 Å².